The van der Waals surface area contributed by atoms with Crippen molar-refractivity contribution in [1.82, 2.24) is 5.32 Å². The minimum Gasteiger partial charge on any atom is -0.478 e. The highest BCUT2D eigenvalue weighted by Crippen LogP contribution is 2.18. The molecule has 0 aromatic heterocycles. The Morgan fingerprint density at radius 3 is 2.30 bits per heavy atom. The first-order valence-corrected chi connectivity index (χ1v) is 6.34. The molecule has 0 fully saturated rings. The number of benzene rings is 2. The smallest absolute Gasteiger partial charge is 0.337 e. The van der Waals surface area contributed by atoms with Gasteiger partial charge in [0.2, 0.25) is 0 Å². The van der Waals surface area contributed by atoms with Crippen molar-refractivity contribution < 1.29 is 27.9 Å². The Labute approximate surface area is 128 Å². The first kappa shape index (κ1) is 16.3. The third-order valence-corrected chi connectivity index (χ3v) is 3.05. The normalized spacial score (nSPS) is 10.4. The first-order valence-electron chi connectivity index (χ1n) is 6.34. The van der Waals surface area contributed by atoms with Gasteiger partial charge in [-0.25, -0.2) is 18.0 Å². The maximum Gasteiger partial charge on any atom is 0.337 e. The van der Waals surface area contributed by atoms with Crippen LogP contribution in [0.15, 0.2) is 30.3 Å². The van der Waals surface area contributed by atoms with Crippen molar-refractivity contribution in [3.8, 4) is 0 Å². The third-order valence-electron chi connectivity index (χ3n) is 3.05. The van der Waals surface area contributed by atoms with E-state index >= 15 is 0 Å². The van der Waals surface area contributed by atoms with E-state index < -0.39 is 40.5 Å². The van der Waals surface area contributed by atoms with E-state index in [0.29, 0.717) is 0 Å². The predicted molar refractivity (Wildman–Crippen MR) is 75.3 cm³/mol. The lowest BCUT2D eigenvalue weighted by atomic mass is 10.1. The summed E-state index contributed by atoms with van der Waals surface area (Å²) < 4.78 is 39.6. The molecule has 0 radical (unpaired) electrons. The number of hydrogen-bond donors (Lipinski definition) is 3. The standard InChI is InChI=1S/C15H11F3N2O3/c16-10-2-1-7(3-12(10)18)6-20-14(21)8-4-9(15(22)23)13(19)5-11(8)17/h1-5H,6,19H2,(H,20,21)(H,22,23). The molecule has 2 rings (SSSR count). The molecule has 5 nitrogen and oxygen atoms in total. The number of nitrogen functional groups attached to an aromatic ring is 1. The van der Waals surface area contributed by atoms with Crippen LogP contribution in [0.2, 0.25) is 0 Å². The van der Waals surface area contributed by atoms with E-state index in [0.717, 1.165) is 24.3 Å². The number of rotatable bonds is 4. The van der Waals surface area contributed by atoms with Crippen LogP contribution in [0.25, 0.3) is 0 Å². The van der Waals surface area contributed by atoms with Gasteiger partial charge in [-0.05, 0) is 29.8 Å². The van der Waals surface area contributed by atoms with Gasteiger partial charge >= 0.3 is 5.97 Å². The number of halogens is 3. The molecule has 1 amide bonds. The van der Waals surface area contributed by atoms with Gasteiger partial charge < -0.3 is 16.2 Å². The Morgan fingerprint density at radius 2 is 1.70 bits per heavy atom. The van der Waals surface area contributed by atoms with Crippen LogP contribution in [-0.4, -0.2) is 17.0 Å². The molecule has 0 heterocycles. The number of aromatic carboxylic acids is 1. The molecule has 0 unspecified atom stereocenters. The van der Waals surface area contributed by atoms with Crippen molar-refractivity contribution in [2.45, 2.75) is 6.54 Å². The number of amides is 1. The Balaban J connectivity index is 2.19. The van der Waals surface area contributed by atoms with Crippen LogP contribution < -0.4 is 11.1 Å². The molecule has 0 saturated carbocycles. The highest BCUT2D eigenvalue weighted by atomic mass is 19.2. The molecule has 8 heteroatoms. The average molecular weight is 324 g/mol. The number of hydrogen-bond acceptors (Lipinski definition) is 3. The van der Waals surface area contributed by atoms with Crippen molar-refractivity contribution in [3.63, 3.8) is 0 Å². The van der Waals surface area contributed by atoms with Gasteiger partial charge in [-0.3, -0.25) is 4.79 Å². The van der Waals surface area contributed by atoms with Gasteiger partial charge in [0.15, 0.2) is 11.6 Å². The minimum atomic E-state index is -1.41. The van der Waals surface area contributed by atoms with Crippen LogP contribution in [0.5, 0.6) is 0 Å². The van der Waals surface area contributed by atoms with Crippen LogP contribution in [0, 0.1) is 17.5 Å². The zero-order valence-electron chi connectivity index (χ0n) is 11.6. The monoisotopic (exact) mass is 324 g/mol. The quantitative estimate of drug-likeness (QED) is 0.753. The fraction of sp³-hybridized carbons (Fsp3) is 0.0667. The van der Waals surface area contributed by atoms with E-state index in [1.54, 1.807) is 0 Å². The highest BCUT2D eigenvalue weighted by molar-refractivity contribution is 6.00. The summed E-state index contributed by atoms with van der Waals surface area (Å²) in [7, 11) is 0. The van der Waals surface area contributed by atoms with Crippen molar-refractivity contribution in [2.75, 3.05) is 5.73 Å². The molecule has 0 atom stereocenters. The molecular weight excluding hydrogens is 313 g/mol. The second-order valence-corrected chi connectivity index (χ2v) is 4.66. The van der Waals surface area contributed by atoms with Crippen LogP contribution in [-0.2, 0) is 6.54 Å². The molecule has 2 aromatic rings. The summed E-state index contributed by atoms with van der Waals surface area (Å²) in [6, 6.07) is 4.57. The largest absolute Gasteiger partial charge is 0.478 e. The summed E-state index contributed by atoms with van der Waals surface area (Å²) in [5.74, 6) is -5.42. The molecule has 0 aliphatic carbocycles. The Morgan fingerprint density at radius 1 is 1.00 bits per heavy atom. The molecule has 0 bridgehead atoms. The SMILES string of the molecule is Nc1cc(F)c(C(=O)NCc2ccc(F)c(F)c2)cc1C(=O)O. The van der Waals surface area contributed by atoms with Gasteiger partial charge in [0.1, 0.15) is 5.82 Å². The third kappa shape index (κ3) is 3.60. The Hall–Kier alpha value is -3.03. The number of carbonyl (C=O) groups excluding carboxylic acids is 1. The van der Waals surface area contributed by atoms with E-state index in [1.807, 2.05) is 0 Å². The van der Waals surface area contributed by atoms with Gasteiger partial charge in [0, 0.05) is 12.2 Å². The van der Waals surface area contributed by atoms with Crippen LogP contribution in [0.3, 0.4) is 0 Å². The lowest BCUT2D eigenvalue weighted by molar-refractivity contribution is 0.0698. The number of carboxylic acids is 1. The minimum absolute atomic E-state index is 0.192. The summed E-state index contributed by atoms with van der Waals surface area (Å²) in [6.07, 6.45) is 0. The molecule has 4 N–H and O–H groups in total. The maximum absolute atomic E-state index is 13.7. The number of anilines is 1. The van der Waals surface area contributed by atoms with Gasteiger partial charge in [-0.15, -0.1) is 0 Å². The zero-order chi connectivity index (χ0) is 17.1. The van der Waals surface area contributed by atoms with Crippen molar-refractivity contribution >= 4 is 17.6 Å². The summed E-state index contributed by atoms with van der Waals surface area (Å²) in [5.41, 5.74) is 4.37. The average Bonchev–Trinajstić information content (AvgIpc) is 2.47. The molecule has 0 saturated heterocycles. The zero-order valence-corrected chi connectivity index (χ0v) is 11.6. The van der Waals surface area contributed by atoms with E-state index in [9.17, 15) is 22.8 Å². The summed E-state index contributed by atoms with van der Waals surface area (Å²) in [4.78, 5) is 22.9. The summed E-state index contributed by atoms with van der Waals surface area (Å²) >= 11 is 0. The topological polar surface area (TPSA) is 92.4 Å². The van der Waals surface area contributed by atoms with Gasteiger partial charge in [-0.1, -0.05) is 6.07 Å². The Bertz CT molecular complexity index is 794. The summed E-state index contributed by atoms with van der Waals surface area (Å²) in [5, 5.41) is 11.2. The van der Waals surface area contributed by atoms with E-state index in [2.05, 4.69) is 5.32 Å². The van der Waals surface area contributed by atoms with Gasteiger partial charge in [-0.2, -0.15) is 0 Å². The Kier molecular flexibility index (Phi) is 4.54. The number of nitrogens with two attached hydrogens (primary N) is 1. The second kappa shape index (κ2) is 6.39. The molecule has 120 valence electrons. The van der Waals surface area contributed by atoms with Gasteiger partial charge in [0.25, 0.3) is 5.91 Å². The fourth-order valence-corrected chi connectivity index (χ4v) is 1.88. The number of carbonyl (C=O) groups is 2. The van der Waals surface area contributed by atoms with Crippen molar-refractivity contribution in [3.05, 3.63) is 64.5 Å². The van der Waals surface area contributed by atoms with E-state index in [1.165, 1.54) is 6.07 Å². The summed E-state index contributed by atoms with van der Waals surface area (Å²) in [6.45, 7) is -0.192. The van der Waals surface area contributed by atoms with E-state index in [4.69, 9.17) is 10.8 Å². The van der Waals surface area contributed by atoms with Gasteiger partial charge in [0.05, 0.1) is 11.1 Å². The van der Waals surface area contributed by atoms with E-state index in [-0.39, 0.29) is 17.8 Å². The van der Waals surface area contributed by atoms with Crippen LogP contribution in [0.1, 0.15) is 26.3 Å². The number of carboxylic acid groups (broad SMARTS) is 1. The fourth-order valence-electron chi connectivity index (χ4n) is 1.88. The van der Waals surface area contributed by atoms with Crippen LogP contribution >= 0.6 is 0 Å². The molecule has 2 aromatic carbocycles. The number of nitrogens with one attached hydrogen (secondary N) is 1. The first-order chi connectivity index (χ1) is 10.8. The highest BCUT2D eigenvalue weighted by Gasteiger charge is 2.18. The maximum atomic E-state index is 13.7. The second-order valence-electron chi connectivity index (χ2n) is 4.66. The molecule has 23 heavy (non-hydrogen) atoms. The molecular formula is C15H11F3N2O3. The van der Waals surface area contributed by atoms with Crippen LogP contribution in [0.4, 0.5) is 18.9 Å². The van der Waals surface area contributed by atoms with Crippen molar-refractivity contribution in [1.29, 1.82) is 0 Å². The molecule has 0 aliphatic heterocycles. The predicted octanol–water partition coefficient (Wildman–Crippen LogP) is 2.31. The molecule has 0 aliphatic rings. The lowest BCUT2D eigenvalue weighted by Gasteiger charge is -2.09. The van der Waals surface area contributed by atoms with Crippen molar-refractivity contribution in [2.24, 2.45) is 0 Å². The molecule has 0 spiro atoms. The lowest BCUT2D eigenvalue weighted by Crippen LogP contribution is -2.24.